The number of imidazole rings is 1. The molecule has 4 rings (SSSR count). The number of aromatic nitrogens is 2. The highest BCUT2D eigenvalue weighted by Gasteiger charge is 2.24. The minimum Gasteiger partial charge on any atom is -0.342 e. The van der Waals surface area contributed by atoms with Gasteiger partial charge in [0.25, 0.3) is 5.91 Å². The Hall–Kier alpha value is -2.80. The molecule has 1 aromatic heterocycles. The smallest absolute Gasteiger partial charge is 0.253 e. The number of rotatable bonds is 7. The Kier molecular flexibility index (Phi) is 6.61. The summed E-state index contributed by atoms with van der Waals surface area (Å²) in [7, 11) is 0. The van der Waals surface area contributed by atoms with Crippen molar-refractivity contribution in [1.29, 1.82) is 0 Å². The van der Waals surface area contributed by atoms with Gasteiger partial charge >= 0.3 is 0 Å². The molecule has 1 fully saturated rings. The Bertz CT molecular complexity index is 1040. The van der Waals surface area contributed by atoms with E-state index in [9.17, 15) is 9.59 Å². The highest BCUT2D eigenvalue weighted by atomic mass is 32.2. The predicted octanol–water partition coefficient (Wildman–Crippen LogP) is 4.40. The van der Waals surface area contributed by atoms with Crippen molar-refractivity contribution in [1.82, 2.24) is 20.2 Å². The molecule has 1 saturated heterocycles. The van der Waals surface area contributed by atoms with E-state index in [0.29, 0.717) is 11.3 Å². The van der Waals surface area contributed by atoms with Crippen LogP contribution in [0.3, 0.4) is 0 Å². The number of fused-ring (bicyclic) bond motifs is 1. The Morgan fingerprint density at radius 1 is 1.10 bits per heavy atom. The van der Waals surface area contributed by atoms with Crippen LogP contribution in [0, 0.1) is 5.92 Å². The third-order valence-electron chi connectivity index (χ3n) is 5.60. The largest absolute Gasteiger partial charge is 0.342 e. The maximum absolute atomic E-state index is 13.2. The van der Waals surface area contributed by atoms with Crippen molar-refractivity contribution in [3.05, 3.63) is 59.9 Å². The zero-order valence-electron chi connectivity index (χ0n) is 17.9. The van der Waals surface area contributed by atoms with Gasteiger partial charge in [0, 0.05) is 18.0 Å². The average molecular weight is 437 g/mol. The standard InChI is InChI=1S/C24H28N4O2S/c1-16(2)22(23-25-18-10-4-5-11-19(18)26-23)27-24(30)17-9-3-6-12-20(17)31-15-21(29)28-13-7-8-14-28/h3-6,9-12,16,22H,7-8,13-15H2,1-2H3,(H,25,26)(H,27,30)/t22-/m1/s1. The molecule has 2 aromatic carbocycles. The second-order valence-electron chi connectivity index (χ2n) is 8.21. The normalized spacial score (nSPS) is 14.9. The van der Waals surface area contributed by atoms with Gasteiger partial charge in [0.2, 0.25) is 5.91 Å². The summed E-state index contributed by atoms with van der Waals surface area (Å²) >= 11 is 1.43. The number of hydrogen-bond donors (Lipinski definition) is 2. The van der Waals surface area contributed by atoms with Crippen LogP contribution in [0.2, 0.25) is 0 Å². The number of thioether (sulfide) groups is 1. The number of hydrogen-bond acceptors (Lipinski definition) is 4. The second-order valence-corrected chi connectivity index (χ2v) is 9.22. The third kappa shape index (κ3) is 4.93. The summed E-state index contributed by atoms with van der Waals surface area (Å²) in [6.07, 6.45) is 2.15. The van der Waals surface area contributed by atoms with Gasteiger partial charge in [-0.3, -0.25) is 9.59 Å². The number of carbonyl (C=O) groups excluding carboxylic acids is 2. The molecule has 0 unspecified atom stereocenters. The number of nitrogens with zero attached hydrogens (tertiary/aromatic N) is 2. The lowest BCUT2D eigenvalue weighted by Gasteiger charge is -2.21. The Morgan fingerprint density at radius 2 is 1.81 bits per heavy atom. The minimum atomic E-state index is -0.246. The van der Waals surface area contributed by atoms with Gasteiger partial charge in [-0.25, -0.2) is 4.98 Å². The van der Waals surface area contributed by atoms with E-state index in [1.807, 2.05) is 53.4 Å². The van der Waals surface area contributed by atoms with Crippen molar-refractivity contribution in [2.75, 3.05) is 18.8 Å². The van der Waals surface area contributed by atoms with Crippen LogP contribution in [0.5, 0.6) is 0 Å². The molecule has 0 bridgehead atoms. The first kappa shape index (κ1) is 21.4. The monoisotopic (exact) mass is 436 g/mol. The van der Waals surface area contributed by atoms with Crippen LogP contribution in [0.15, 0.2) is 53.4 Å². The van der Waals surface area contributed by atoms with Gasteiger partial charge in [-0.1, -0.05) is 38.1 Å². The first-order chi connectivity index (χ1) is 15.0. The second kappa shape index (κ2) is 9.56. The van der Waals surface area contributed by atoms with E-state index in [0.717, 1.165) is 47.7 Å². The first-order valence-electron chi connectivity index (χ1n) is 10.8. The molecule has 0 aliphatic carbocycles. The summed E-state index contributed by atoms with van der Waals surface area (Å²) in [5.41, 5.74) is 2.42. The molecule has 162 valence electrons. The zero-order valence-corrected chi connectivity index (χ0v) is 18.7. The van der Waals surface area contributed by atoms with Gasteiger partial charge in [-0.05, 0) is 43.0 Å². The van der Waals surface area contributed by atoms with Crippen LogP contribution >= 0.6 is 11.8 Å². The Labute approximate surface area is 186 Å². The van der Waals surface area contributed by atoms with Crippen molar-refractivity contribution in [3.8, 4) is 0 Å². The average Bonchev–Trinajstić information content (AvgIpc) is 3.45. The predicted molar refractivity (Wildman–Crippen MR) is 124 cm³/mol. The topological polar surface area (TPSA) is 78.1 Å². The van der Waals surface area contributed by atoms with Gasteiger partial charge in [0.1, 0.15) is 5.82 Å². The summed E-state index contributed by atoms with van der Waals surface area (Å²) in [5.74, 6) is 1.23. The first-order valence-corrected chi connectivity index (χ1v) is 11.8. The van der Waals surface area contributed by atoms with E-state index >= 15 is 0 Å². The number of aromatic amines is 1. The molecule has 3 aromatic rings. The zero-order chi connectivity index (χ0) is 21.8. The summed E-state index contributed by atoms with van der Waals surface area (Å²) in [4.78, 5) is 36.4. The molecule has 7 heteroatoms. The highest BCUT2D eigenvalue weighted by Crippen LogP contribution is 2.26. The van der Waals surface area contributed by atoms with Crippen molar-refractivity contribution < 1.29 is 9.59 Å². The molecular weight excluding hydrogens is 408 g/mol. The molecule has 1 atom stereocenters. The van der Waals surface area contributed by atoms with Gasteiger partial charge in [0.15, 0.2) is 0 Å². The van der Waals surface area contributed by atoms with E-state index < -0.39 is 0 Å². The number of para-hydroxylation sites is 2. The molecule has 31 heavy (non-hydrogen) atoms. The number of benzene rings is 2. The lowest BCUT2D eigenvalue weighted by atomic mass is 10.0. The van der Waals surface area contributed by atoms with Crippen molar-refractivity contribution >= 4 is 34.6 Å². The summed E-state index contributed by atoms with van der Waals surface area (Å²) in [6, 6.07) is 15.1. The van der Waals surface area contributed by atoms with E-state index in [1.165, 1.54) is 11.8 Å². The Balaban J connectivity index is 1.49. The lowest BCUT2D eigenvalue weighted by molar-refractivity contribution is -0.127. The minimum absolute atomic E-state index is 0.139. The molecule has 0 saturated carbocycles. The van der Waals surface area contributed by atoms with Crippen LogP contribution in [0.1, 0.15) is 48.9 Å². The molecule has 1 aliphatic heterocycles. The molecule has 2 heterocycles. The molecular formula is C24H28N4O2S. The third-order valence-corrected chi connectivity index (χ3v) is 6.66. The summed E-state index contributed by atoms with van der Waals surface area (Å²) in [5, 5.41) is 3.15. The molecule has 6 nitrogen and oxygen atoms in total. The van der Waals surface area contributed by atoms with Gasteiger partial charge in [-0.15, -0.1) is 11.8 Å². The van der Waals surface area contributed by atoms with Gasteiger partial charge in [-0.2, -0.15) is 0 Å². The van der Waals surface area contributed by atoms with Crippen LogP contribution < -0.4 is 5.32 Å². The fourth-order valence-corrected chi connectivity index (χ4v) is 4.82. The van der Waals surface area contributed by atoms with Gasteiger partial charge < -0.3 is 15.2 Å². The van der Waals surface area contributed by atoms with E-state index in [-0.39, 0.29) is 23.8 Å². The van der Waals surface area contributed by atoms with Crippen molar-refractivity contribution in [3.63, 3.8) is 0 Å². The fourth-order valence-electron chi connectivity index (χ4n) is 3.87. The lowest BCUT2D eigenvalue weighted by Crippen LogP contribution is -2.33. The maximum atomic E-state index is 13.2. The SMILES string of the molecule is CC(C)[C@@H](NC(=O)c1ccccc1SCC(=O)N1CCCC1)c1nc2ccccc2[nH]1. The fraction of sp³-hybridized carbons (Fsp3) is 0.375. The Morgan fingerprint density at radius 3 is 2.55 bits per heavy atom. The van der Waals surface area contributed by atoms with Gasteiger partial charge in [0.05, 0.1) is 28.4 Å². The van der Waals surface area contributed by atoms with Crippen LogP contribution in [0.25, 0.3) is 11.0 Å². The molecule has 0 spiro atoms. The maximum Gasteiger partial charge on any atom is 0.253 e. The highest BCUT2D eigenvalue weighted by molar-refractivity contribution is 8.00. The van der Waals surface area contributed by atoms with E-state index in [2.05, 4.69) is 29.1 Å². The van der Waals surface area contributed by atoms with E-state index in [1.54, 1.807) is 0 Å². The molecule has 1 aliphatic rings. The summed E-state index contributed by atoms with van der Waals surface area (Å²) in [6.45, 7) is 5.81. The quantitative estimate of drug-likeness (QED) is 0.538. The van der Waals surface area contributed by atoms with Crippen LogP contribution in [-0.4, -0.2) is 45.5 Å². The number of H-pyrrole nitrogens is 1. The molecule has 2 amide bonds. The molecule has 2 N–H and O–H groups in total. The van der Waals surface area contributed by atoms with Crippen molar-refractivity contribution in [2.24, 2.45) is 5.92 Å². The van der Waals surface area contributed by atoms with Crippen LogP contribution in [0.4, 0.5) is 0 Å². The molecule has 0 radical (unpaired) electrons. The number of amides is 2. The van der Waals surface area contributed by atoms with Crippen molar-refractivity contribution in [2.45, 2.75) is 37.6 Å². The number of likely N-dealkylation sites (tertiary alicyclic amines) is 1. The van der Waals surface area contributed by atoms with Crippen LogP contribution in [-0.2, 0) is 4.79 Å². The number of nitrogens with one attached hydrogen (secondary N) is 2. The van der Waals surface area contributed by atoms with E-state index in [4.69, 9.17) is 0 Å². The summed E-state index contributed by atoms with van der Waals surface area (Å²) < 4.78 is 0. The number of carbonyl (C=O) groups is 2.